The molecule has 0 saturated heterocycles. The molecule has 6 heteroatoms. The minimum absolute atomic E-state index is 0.0249. The summed E-state index contributed by atoms with van der Waals surface area (Å²) in [6.07, 6.45) is 7.82. The number of para-hydroxylation sites is 1. The number of furan rings is 1. The lowest BCUT2D eigenvalue weighted by atomic mass is 10.0. The molecule has 0 unspecified atom stereocenters. The van der Waals surface area contributed by atoms with E-state index in [1.54, 1.807) is 48.2 Å². The van der Waals surface area contributed by atoms with Gasteiger partial charge in [-0.15, -0.1) is 11.8 Å². The van der Waals surface area contributed by atoms with Crippen LogP contribution in [0.3, 0.4) is 0 Å². The van der Waals surface area contributed by atoms with E-state index in [0.717, 1.165) is 0 Å². The molecule has 1 aliphatic carbocycles. The van der Waals surface area contributed by atoms with Gasteiger partial charge in [-0.1, -0.05) is 31.4 Å². The largest absolute Gasteiger partial charge is 0.467 e. The Labute approximate surface area is 164 Å². The molecule has 2 amide bonds. The lowest BCUT2D eigenvalue weighted by molar-refractivity contribution is -0.115. The maximum absolute atomic E-state index is 12.7. The van der Waals surface area contributed by atoms with Crippen molar-refractivity contribution in [3.8, 4) is 0 Å². The molecule has 1 N–H and O–H groups in total. The zero-order chi connectivity index (χ0) is 19.1. The standard InChI is InChI=1S/C21H26N2O3S/c1-23(20(24)15-27-17-9-3-2-4-10-17)19-12-6-5-11-18(19)21(25)22-14-16-8-7-13-26-16/h5-8,11-13,17H,2-4,9-10,14-15H2,1H3,(H,22,25). The van der Waals surface area contributed by atoms with Crippen LogP contribution in [0.4, 0.5) is 5.69 Å². The smallest absolute Gasteiger partial charge is 0.253 e. The molecule has 0 aliphatic heterocycles. The molecule has 1 aromatic heterocycles. The van der Waals surface area contributed by atoms with Crippen molar-refractivity contribution in [2.24, 2.45) is 0 Å². The Morgan fingerprint density at radius 1 is 1.15 bits per heavy atom. The lowest BCUT2D eigenvalue weighted by Crippen LogP contribution is -2.32. The Hall–Kier alpha value is -2.21. The molecule has 2 aromatic rings. The second-order valence-corrected chi connectivity index (χ2v) is 8.09. The number of hydrogen-bond donors (Lipinski definition) is 1. The van der Waals surface area contributed by atoms with Gasteiger partial charge < -0.3 is 14.6 Å². The van der Waals surface area contributed by atoms with Crippen LogP contribution in [0.1, 0.15) is 48.2 Å². The van der Waals surface area contributed by atoms with Gasteiger partial charge in [-0.3, -0.25) is 9.59 Å². The van der Waals surface area contributed by atoms with Gasteiger partial charge in [0.15, 0.2) is 0 Å². The number of carbonyl (C=O) groups is 2. The third kappa shape index (κ3) is 5.39. The fourth-order valence-electron chi connectivity index (χ4n) is 3.29. The first kappa shape index (κ1) is 19.5. The normalized spacial score (nSPS) is 14.7. The average Bonchev–Trinajstić information content (AvgIpc) is 3.24. The van der Waals surface area contributed by atoms with E-state index in [0.29, 0.717) is 34.6 Å². The second kappa shape index (κ2) is 9.65. The highest BCUT2D eigenvalue weighted by molar-refractivity contribution is 8.00. The van der Waals surface area contributed by atoms with Gasteiger partial charge >= 0.3 is 0 Å². The minimum Gasteiger partial charge on any atom is -0.467 e. The average molecular weight is 387 g/mol. The van der Waals surface area contributed by atoms with E-state index < -0.39 is 0 Å². The summed E-state index contributed by atoms with van der Waals surface area (Å²) in [5, 5.41) is 3.43. The van der Waals surface area contributed by atoms with E-state index in [-0.39, 0.29) is 11.8 Å². The third-order valence-electron chi connectivity index (χ3n) is 4.88. The van der Waals surface area contributed by atoms with Crippen molar-refractivity contribution in [2.75, 3.05) is 17.7 Å². The summed E-state index contributed by atoms with van der Waals surface area (Å²) in [6, 6.07) is 10.8. The Morgan fingerprint density at radius 3 is 2.67 bits per heavy atom. The fourth-order valence-corrected chi connectivity index (χ4v) is 4.52. The van der Waals surface area contributed by atoms with Gasteiger partial charge in [-0.05, 0) is 37.1 Å². The summed E-state index contributed by atoms with van der Waals surface area (Å²) < 4.78 is 5.24. The zero-order valence-corrected chi connectivity index (χ0v) is 16.5. The molecular formula is C21H26N2O3S. The van der Waals surface area contributed by atoms with E-state index in [9.17, 15) is 9.59 Å². The Balaban J connectivity index is 1.60. The van der Waals surface area contributed by atoms with Crippen LogP contribution in [0.5, 0.6) is 0 Å². The molecule has 0 radical (unpaired) electrons. The molecular weight excluding hydrogens is 360 g/mol. The summed E-state index contributed by atoms with van der Waals surface area (Å²) in [5.41, 5.74) is 1.12. The summed E-state index contributed by atoms with van der Waals surface area (Å²) >= 11 is 1.75. The maximum atomic E-state index is 12.7. The molecule has 1 fully saturated rings. The third-order valence-corrected chi connectivity index (χ3v) is 6.24. The topological polar surface area (TPSA) is 62.6 Å². The molecule has 144 valence electrons. The summed E-state index contributed by atoms with van der Waals surface area (Å²) in [5.74, 6) is 0.941. The molecule has 3 rings (SSSR count). The number of nitrogens with one attached hydrogen (secondary N) is 1. The molecule has 1 saturated carbocycles. The van der Waals surface area contributed by atoms with Gasteiger partial charge in [-0.25, -0.2) is 0 Å². The van der Waals surface area contributed by atoms with Gasteiger partial charge in [0.25, 0.3) is 5.91 Å². The predicted molar refractivity (Wildman–Crippen MR) is 109 cm³/mol. The quantitative estimate of drug-likeness (QED) is 0.773. The van der Waals surface area contributed by atoms with Gasteiger partial charge in [0.1, 0.15) is 5.76 Å². The van der Waals surface area contributed by atoms with Crippen LogP contribution in [-0.4, -0.2) is 29.9 Å². The molecule has 0 atom stereocenters. The Bertz CT molecular complexity index is 755. The van der Waals surface area contributed by atoms with Crippen molar-refractivity contribution < 1.29 is 14.0 Å². The van der Waals surface area contributed by atoms with Gasteiger partial charge in [0, 0.05) is 12.3 Å². The highest BCUT2D eigenvalue weighted by Crippen LogP contribution is 2.29. The fraction of sp³-hybridized carbons (Fsp3) is 0.429. The van der Waals surface area contributed by atoms with E-state index in [1.165, 1.54) is 32.1 Å². The number of nitrogens with zero attached hydrogens (tertiary/aromatic N) is 1. The minimum atomic E-state index is -0.221. The molecule has 0 bridgehead atoms. The van der Waals surface area contributed by atoms with Gasteiger partial charge in [0.05, 0.1) is 29.8 Å². The Kier molecular flexibility index (Phi) is 6.98. The van der Waals surface area contributed by atoms with Crippen LogP contribution in [0, 0.1) is 0 Å². The van der Waals surface area contributed by atoms with E-state index in [4.69, 9.17) is 4.42 Å². The summed E-state index contributed by atoms with van der Waals surface area (Å²) in [6.45, 7) is 0.315. The van der Waals surface area contributed by atoms with Crippen LogP contribution in [0.25, 0.3) is 0 Å². The van der Waals surface area contributed by atoms with Crippen LogP contribution in [0.2, 0.25) is 0 Å². The van der Waals surface area contributed by atoms with E-state index >= 15 is 0 Å². The zero-order valence-electron chi connectivity index (χ0n) is 15.6. The van der Waals surface area contributed by atoms with Gasteiger partial charge in [-0.2, -0.15) is 0 Å². The first-order valence-corrected chi connectivity index (χ1v) is 10.5. The second-order valence-electron chi connectivity index (χ2n) is 6.80. The van der Waals surface area contributed by atoms with Crippen molar-refractivity contribution in [2.45, 2.75) is 43.9 Å². The SMILES string of the molecule is CN(C(=O)CSC1CCCCC1)c1ccccc1C(=O)NCc1ccco1. The van der Waals surface area contributed by atoms with Crippen molar-refractivity contribution in [3.63, 3.8) is 0 Å². The van der Waals surface area contributed by atoms with E-state index in [2.05, 4.69) is 5.32 Å². The highest BCUT2D eigenvalue weighted by Gasteiger charge is 2.21. The summed E-state index contributed by atoms with van der Waals surface area (Å²) in [7, 11) is 1.74. The number of rotatable bonds is 7. The number of anilines is 1. The van der Waals surface area contributed by atoms with Gasteiger partial charge in [0.2, 0.25) is 5.91 Å². The van der Waals surface area contributed by atoms with Crippen molar-refractivity contribution in [1.29, 1.82) is 0 Å². The predicted octanol–water partition coefficient (Wildman–Crippen LogP) is 4.24. The van der Waals surface area contributed by atoms with Crippen molar-refractivity contribution in [3.05, 3.63) is 54.0 Å². The Morgan fingerprint density at radius 2 is 1.93 bits per heavy atom. The monoisotopic (exact) mass is 386 g/mol. The number of carbonyl (C=O) groups excluding carboxylic acids is 2. The molecule has 1 heterocycles. The van der Waals surface area contributed by atoms with Crippen molar-refractivity contribution >= 4 is 29.3 Å². The van der Waals surface area contributed by atoms with Crippen LogP contribution in [-0.2, 0) is 11.3 Å². The number of thioether (sulfide) groups is 1. The maximum Gasteiger partial charge on any atom is 0.253 e. The molecule has 0 spiro atoms. The molecule has 5 nitrogen and oxygen atoms in total. The van der Waals surface area contributed by atoms with Crippen LogP contribution < -0.4 is 10.2 Å². The number of hydrogen-bond acceptors (Lipinski definition) is 4. The van der Waals surface area contributed by atoms with Crippen LogP contribution in [0.15, 0.2) is 47.1 Å². The van der Waals surface area contributed by atoms with Crippen molar-refractivity contribution in [1.82, 2.24) is 5.32 Å². The van der Waals surface area contributed by atoms with Crippen LogP contribution >= 0.6 is 11.8 Å². The summed E-state index contributed by atoms with van der Waals surface area (Å²) in [4.78, 5) is 26.9. The lowest BCUT2D eigenvalue weighted by Gasteiger charge is -2.23. The van der Waals surface area contributed by atoms with E-state index in [1.807, 2.05) is 18.2 Å². The first-order chi connectivity index (χ1) is 13.1. The highest BCUT2D eigenvalue weighted by atomic mass is 32.2. The number of benzene rings is 1. The first-order valence-electron chi connectivity index (χ1n) is 9.43. The molecule has 27 heavy (non-hydrogen) atoms. The molecule has 1 aliphatic rings. The molecule has 1 aromatic carbocycles. The number of amides is 2.